The van der Waals surface area contributed by atoms with E-state index in [4.69, 9.17) is 0 Å². The predicted molar refractivity (Wildman–Crippen MR) is 100 cm³/mol. The summed E-state index contributed by atoms with van der Waals surface area (Å²) in [5.74, 6) is -0.463. The van der Waals surface area contributed by atoms with Crippen LogP contribution >= 0.6 is 33.9 Å². The van der Waals surface area contributed by atoms with Crippen LogP contribution in [0.5, 0.6) is 0 Å². The van der Waals surface area contributed by atoms with Crippen molar-refractivity contribution in [2.75, 3.05) is 5.32 Å². The van der Waals surface area contributed by atoms with Crippen molar-refractivity contribution in [1.29, 1.82) is 0 Å². The second-order valence-electron chi connectivity index (χ2n) is 4.88. The summed E-state index contributed by atoms with van der Waals surface area (Å²) in [6.07, 6.45) is 0. The number of hydrogen-bond donors (Lipinski definition) is 2. The van der Waals surface area contributed by atoms with Gasteiger partial charge in [0.05, 0.1) is 5.69 Å². The second-order valence-corrected chi connectivity index (χ2v) is 6.99. The summed E-state index contributed by atoms with van der Waals surface area (Å²) in [6, 6.07) is 11.2. The minimum Gasteiger partial charge on any atom is -0.326 e. The molecule has 0 fully saturated rings. The highest BCUT2D eigenvalue weighted by atomic mass is 127. The van der Waals surface area contributed by atoms with E-state index in [-0.39, 0.29) is 5.56 Å². The SMILES string of the molecule is Cc1ccc(C(=O)Nc2nc(-c3ccc(I)cc3)cs2)c(=O)[nH]1. The van der Waals surface area contributed by atoms with Gasteiger partial charge in [-0.25, -0.2) is 4.98 Å². The molecule has 0 aliphatic carbocycles. The number of amides is 1. The lowest BCUT2D eigenvalue weighted by Gasteiger charge is -2.01. The Balaban J connectivity index is 1.80. The van der Waals surface area contributed by atoms with Crippen molar-refractivity contribution in [2.45, 2.75) is 6.92 Å². The van der Waals surface area contributed by atoms with Crippen molar-refractivity contribution in [3.63, 3.8) is 0 Å². The maximum atomic E-state index is 12.2. The first-order valence-corrected chi connectivity index (χ1v) is 8.71. The van der Waals surface area contributed by atoms with Crippen LogP contribution in [0.3, 0.4) is 0 Å². The van der Waals surface area contributed by atoms with Crippen LogP contribution in [0.2, 0.25) is 0 Å². The van der Waals surface area contributed by atoms with E-state index >= 15 is 0 Å². The number of aryl methyl sites for hydroxylation is 1. The molecule has 116 valence electrons. The molecule has 0 saturated carbocycles. The van der Waals surface area contributed by atoms with Crippen LogP contribution in [-0.4, -0.2) is 15.9 Å². The maximum absolute atomic E-state index is 12.2. The van der Waals surface area contributed by atoms with Crippen molar-refractivity contribution in [3.05, 3.63) is 67.0 Å². The normalized spacial score (nSPS) is 10.5. The summed E-state index contributed by atoms with van der Waals surface area (Å²) in [7, 11) is 0. The summed E-state index contributed by atoms with van der Waals surface area (Å²) in [4.78, 5) is 31.0. The zero-order chi connectivity index (χ0) is 16.4. The van der Waals surface area contributed by atoms with Gasteiger partial charge < -0.3 is 4.98 Å². The summed E-state index contributed by atoms with van der Waals surface area (Å²) in [5.41, 5.74) is 2.15. The monoisotopic (exact) mass is 437 g/mol. The highest BCUT2D eigenvalue weighted by Gasteiger charge is 2.13. The number of nitrogens with zero attached hydrogens (tertiary/aromatic N) is 1. The molecule has 2 heterocycles. The minimum atomic E-state index is -0.463. The van der Waals surface area contributed by atoms with E-state index in [0.29, 0.717) is 10.8 Å². The van der Waals surface area contributed by atoms with Crippen molar-refractivity contribution in [2.24, 2.45) is 0 Å². The summed E-state index contributed by atoms with van der Waals surface area (Å²) in [5, 5.41) is 5.00. The number of aromatic amines is 1. The average Bonchev–Trinajstić information content (AvgIpc) is 2.96. The number of pyridine rings is 1. The van der Waals surface area contributed by atoms with Gasteiger partial charge in [0.15, 0.2) is 5.13 Å². The number of carbonyl (C=O) groups excluding carboxylic acids is 1. The van der Waals surface area contributed by atoms with E-state index in [1.807, 2.05) is 29.6 Å². The third kappa shape index (κ3) is 3.67. The molecule has 0 saturated heterocycles. The van der Waals surface area contributed by atoms with Gasteiger partial charge in [0.25, 0.3) is 11.5 Å². The number of aromatic nitrogens is 2. The number of anilines is 1. The van der Waals surface area contributed by atoms with Gasteiger partial charge >= 0.3 is 0 Å². The second kappa shape index (κ2) is 6.63. The molecule has 0 radical (unpaired) electrons. The summed E-state index contributed by atoms with van der Waals surface area (Å²) in [6.45, 7) is 1.76. The zero-order valence-corrected chi connectivity index (χ0v) is 15.1. The topological polar surface area (TPSA) is 74.8 Å². The number of rotatable bonds is 3. The Hall–Kier alpha value is -2.00. The molecule has 0 unspecified atom stereocenters. The lowest BCUT2D eigenvalue weighted by atomic mass is 10.2. The van der Waals surface area contributed by atoms with Gasteiger partial charge in [-0.15, -0.1) is 11.3 Å². The molecule has 3 aromatic rings. The van der Waals surface area contributed by atoms with Gasteiger partial charge in [0.2, 0.25) is 0 Å². The van der Waals surface area contributed by atoms with E-state index in [1.54, 1.807) is 13.0 Å². The molecule has 0 atom stereocenters. The number of benzene rings is 1. The lowest BCUT2D eigenvalue weighted by Crippen LogP contribution is -2.23. The predicted octanol–water partition coefficient (Wildman–Crippen LogP) is 3.66. The fourth-order valence-electron chi connectivity index (χ4n) is 2.00. The van der Waals surface area contributed by atoms with Gasteiger partial charge in [0, 0.05) is 20.2 Å². The number of nitrogens with one attached hydrogen (secondary N) is 2. The number of H-pyrrole nitrogens is 1. The Labute approximate surface area is 149 Å². The summed E-state index contributed by atoms with van der Waals surface area (Å²) < 4.78 is 1.15. The first kappa shape index (κ1) is 15.9. The van der Waals surface area contributed by atoms with Gasteiger partial charge in [-0.1, -0.05) is 12.1 Å². The molecule has 2 N–H and O–H groups in total. The van der Waals surface area contributed by atoms with Crippen LogP contribution < -0.4 is 10.9 Å². The van der Waals surface area contributed by atoms with Crippen molar-refractivity contribution >= 4 is 45.0 Å². The van der Waals surface area contributed by atoms with Crippen LogP contribution in [-0.2, 0) is 0 Å². The van der Waals surface area contributed by atoms with Gasteiger partial charge in [0.1, 0.15) is 5.56 Å². The molecule has 0 bridgehead atoms. The fourth-order valence-corrected chi connectivity index (χ4v) is 3.07. The molecule has 1 amide bonds. The number of hydrogen-bond acceptors (Lipinski definition) is 4. The molecular weight excluding hydrogens is 425 g/mol. The Morgan fingerprint density at radius 2 is 1.96 bits per heavy atom. The molecule has 5 nitrogen and oxygen atoms in total. The lowest BCUT2D eigenvalue weighted by molar-refractivity contribution is 0.102. The van der Waals surface area contributed by atoms with Crippen LogP contribution in [0.4, 0.5) is 5.13 Å². The van der Waals surface area contributed by atoms with E-state index < -0.39 is 11.5 Å². The van der Waals surface area contributed by atoms with Crippen molar-refractivity contribution in [3.8, 4) is 11.3 Å². The standard InChI is InChI=1S/C16H12IN3O2S/c1-9-2-7-12(14(21)18-9)15(22)20-16-19-13(8-23-16)10-3-5-11(17)6-4-10/h2-8H,1H3,(H,18,21)(H,19,20,22). The molecule has 23 heavy (non-hydrogen) atoms. The minimum absolute atomic E-state index is 0.0709. The van der Waals surface area contributed by atoms with Crippen LogP contribution in [0, 0.1) is 10.5 Å². The zero-order valence-electron chi connectivity index (χ0n) is 12.1. The number of carbonyl (C=O) groups is 1. The molecule has 2 aromatic heterocycles. The molecular formula is C16H12IN3O2S. The highest BCUT2D eigenvalue weighted by Crippen LogP contribution is 2.25. The Bertz CT molecular complexity index is 916. The van der Waals surface area contributed by atoms with E-state index in [1.165, 1.54) is 17.4 Å². The first-order chi connectivity index (χ1) is 11.0. The molecule has 3 rings (SSSR count). The molecule has 0 spiro atoms. The highest BCUT2D eigenvalue weighted by molar-refractivity contribution is 14.1. The van der Waals surface area contributed by atoms with Gasteiger partial charge in [-0.3, -0.25) is 14.9 Å². The Morgan fingerprint density at radius 3 is 2.65 bits per heavy atom. The third-order valence-corrected chi connectivity index (χ3v) is 4.64. The third-order valence-electron chi connectivity index (χ3n) is 3.16. The molecule has 0 aliphatic heterocycles. The molecule has 7 heteroatoms. The van der Waals surface area contributed by atoms with Crippen LogP contribution in [0.25, 0.3) is 11.3 Å². The maximum Gasteiger partial charge on any atom is 0.263 e. The van der Waals surface area contributed by atoms with Crippen molar-refractivity contribution < 1.29 is 4.79 Å². The van der Waals surface area contributed by atoms with Gasteiger partial charge in [-0.2, -0.15) is 0 Å². The quantitative estimate of drug-likeness (QED) is 0.615. The largest absolute Gasteiger partial charge is 0.326 e. The fraction of sp³-hybridized carbons (Fsp3) is 0.0625. The number of halogens is 1. The Kier molecular flexibility index (Phi) is 4.58. The smallest absolute Gasteiger partial charge is 0.263 e. The molecule has 1 aromatic carbocycles. The Morgan fingerprint density at radius 1 is 1.22 bits per heavy atom. The number of thiazole rings is 1. The van der Waals surface area contributed by atoms with Gasteiger partial charge in [-0.05, 0) is 53.8 Å². The first-order valence-electron chi connectivity index (χ1n) is 6.75. The van der Waals surface area contributed by atoms with E-state index in [2.05, 4.69) is 37.9 Å². The molecule has 0 aliphatic rings. The summed E-state index contributed by atoms with van der Waals surface area (Å²) >= 11 is 3.56. The van der Waals surface area contributed by atoms with E-state index in [9.17, 15) is 9.59 Å². The van der Waals surface area contributed by atoms with Crippen molar-refractivity contribution in [1.82, 2.24) is 9.97 Å². The average molecular weight is 437 g/mol. The van der Waals surface area contributed by atoms with E-state index in [0.717, 1.165) is 14.8 Å². The van der Waals surface area contributed by atoms with Crippen LogP contribution in [0.15, 0.2) is 46.6 Å². The van der Waals surface area contributed by atoms with Crippen LogP contribution in [0.1, 0.15) is 16.1 Å².